The lowest BCUT2D eigenvalue weighted by Crippen LogP contribution is -2.55. The fraction of sp³-hybridized carbons (Fsp3) is 0.500. The molecule has 2 fully saturated rings. The van der Waals surface area contributed by atoms with Crippen LogP contribution in [0.5, 0.6) is 0 Å². The second-order valence-electron chi connectivity index (χ2n) is 6.76. The van der Waals surface area contributed by atoms with Crippen LogP contribution in [0, 0.1) is 6.92 Å². The SMILES string of the molecule is Cc1ccc(-c2cncn2C2CCNC3(CCC3)C2)cc1. The number of piperidine rings is 1. The Bertz CT molecular complexity index is 622. The maximum Gasteiger partial charge on any atom is 0.0953 e. The van der Waals surface area contributed by atoms with Gasteiger partial charge in [0.2, 0.25) is 0 Å². The molecule has 1 aromatic heterocycles. The molecule has 1 aliphatic heterocycles. The Morgan fingerprint density at radius 1 is 1.24 bits per heavy atom. The molecule has 2 aliphatic rings. The first-order chi connectivity index (χ1) is 10.3. The van der Waals surface area contributed by atoms with Crippen molar-refractivity contribution in [3.05, 3.63) is 42.4 Å². The van der Waals surface area contributed by atoms with E-state index in [0.29, 0.717) is 11.6 Å². The van der Waals surface area contributed by atoms with Crippen molar-refractivity contribution in [1.82, 2.24) is 14.9 Å². The number of aromatic nitrogens is 2. The minimum absolute atomic E-state index is 0.428. The Hall–Kier alpha value is -1.61. The van der Waals surface area contributed by atoms with Crippen LogP contribution >= 0.6 is 0 Å². The van der Waals surface area contributed by atoms with Crippen molar-refractivity contribution in [2.75, 3.05) is 6.54 Å². The Balaban J connectivity index is 1.64. The van der Waals surface area contributed by atoms with Gasteiger partial charge in [0.05, 0.1) is 18.2 Å². The van der Waals surface area contributed by atoms with Crippen LogP contribution < -0.4 is 5.32 Å². The van der Waals surface area contributed by atoms with Crippen LogP contribution in [0.2, 0.25) is 0 Å². The summed E-state index contributed by atoms with van der Waals surface area (Å²) in [7, 11) is 0. The number of hydrogen-bond donors (Lipinski definition) is 1. The lowest BCUT2D eigenvalue weighted by atomic mass is 9.70. The molecule has 0 bridgehead atoms. The summed E-state index contributed by atoms with van der Waals surface area (Å²) in [6.45, 7) is 3.27. The highest BCUT2D eigenvalue weighted by atomic mass is 15.1. The average Bonchev–Trinajstić information content (AvgIpc) is 2.96. The van der Waals surface area contributed by atoms with Gasteiger partial charge in [0.15, 0.2) is 0 Å². The van der Waals surface area contributed by atoms with Crippen molar-refractivity contribution in [2.45, 2.75) is 50.6 Å². The highest BCUT2D eigenvalue weighted by Gasteiger charge is 2.41. The molecule has 110 valence electrons. The van der Waals surface area contributed by atoms with E-state index in [2.05, 4.69) is 46.1 Å². The van der Waals surface area contributed by atoms with E-state index in [0.717, 1.165) is 6.54 Å². The normalized spacial score (nSPS) is 24.0. The summed E-state index contributed by atoms with van der Waals surface area (Å²) >= 11 is 0. The average molecular weight is 281 g/mol. The van der Waals surface area contributed by atoms with Crippen molar-refractivity contribution >= 4 is 0 Å². The second kappa shape index (κ2) is 4.99. The number of hydrogen-bond acceptors (Lipinski definition) is 2. The van der Waals surface area contributed by atoms with Crippen LogP contribution in [-0.2, 0) is 0 Å². The molecule has 1 saturated carbocycles. The van der Waals surface area contributed by atoms with Gasteiger partial charge in [-0.2, -0.15) is 0 Å². The van der Waals surface area contributed by atoms with Crippen LogP contribution in [0.25, 0.3) is 11.3 Å². The summed E-state index contributed by atoms with van der Waals surface area (Å²) in [6, 6.07) is 9.38. The van der Waals surface area contributed by atoms with Gasteiger partial charge < -0.3 is 9.88 Å². The van der Waals surface area contributed by atoms with Crippen LogP contribution in [0.1, 0.15) is 43.7 Å². The number of benzene rings is 1. The van der Waals surface area contributed by atoms with E-state index in [1.165, 1.54) is 48.9 Å². The van der Waals surface area contributed by atoms with Gasteiger partial charge in [-0.15, -0.1) is 0 Å². The predicted molar refractivity (Wildman–Crippen MR) is 85.3 cm³/mol. The Kier molecular flexibility index (Phi) is 3.11. The molecule has 2 heterocycles. The maximum absolute atomic E-state index is 4.43. The highest BCUT2D eigenvalue weighted by Crippen LogP contribution is 2.42. The lowest BCUT2D eigenvalue weighted by molar-refractivity contribution is 0.110. The summed E-state index contributed by atoms with van der Waals surface area (Å²) < 4.78 is 2.41. The third-order valence-electron chi connectivity index (χ3n) is 5.32. The van der Waals surface area contributed by atoms with Gasteiger partial charge in [0, 0.05) is 11.6 Å². The number of aryl methyl sites for hydroxylation is 1. The van der Waals surface area contributed by atoms with Crippen molar-refractivity contribution in [3.63, 3.8) is 0 Å². The van der Waals surface area contributed by atoms with Crippen LogP contribution in [-0.4, -0.2) is 21.6 Å². The molecule has 0 radical (unpaired) electrons. The second-order valence-corrected chi connectivity index (χ2v) is 6.76. The van der Waals surface area contributed by atoms with Crippen molar-refractivity contribution in [1.29, 1.82) is 0 Å². The highest BCUT2D eigenvalue weighted by molar-refractivity contribution is 5.59. The van der Waals surface area contributed by atoms with Gasteiger partial charge in [0.25, 0.3) is 0 Å². The molecular weight excluding hydrogens is 258 g/mol. The topological polar surface area (TPSA) is 29.9 Å². The van der Waals surface area contributed by atoms with E-state index >= 15 is 0 Å². The van der Waals surface area contributed by atoms with Gasteiger partial charge >= 0.3 is 0 Å². The number of nitrogens with one attached hydrogen (secondary N) is 1. The molecule has 0 amide bonds. The first-order valence-corrected chi connectivity index (χ1v) is 8.10. The molecule has 2 aromatic rings. The zero-order valence-corrected chi connectivity index (χ0v) is 12.7. The quantitative estimate of drug-likeness (QED) is 0.909. The van der Waals surface area contributed by atoms with Crippen LogP contribution in [0.15, 0.2) is 36.8 Å². The predicted octanol–water partition coefficient (Wildman–Crippen LogP) is 3.71. The monoisotopic (exact) mass is 281 g/mol. The van der Waals surface area contributed by atoms with Gasteiger partial charge in [-0.05, 0) is 51.1 Å². The zero-order chi connectivity index (χ0) is 14.3. The van der Waals surface area contributed by atoms with E-state index < -0.39 is 0 Å². The number of nitrogens with zero attached hydrogens (tertiary/aromatic N) is 2. The van der Waals surface area contributed by atoms with E-state index in [1.54, 1.807) is 0 Å². The molecule has 1 aliphatic carbocycles. The van der Waals surface area contributed by atoms with Crippen LogP contribution in [0.3, 0.4) is 0 Å². The minimum Gasteiger partial charge on any atom is -0.327 e. The summed E-state index contributed by atoms with van der Waals surface area (Å²) in [5, 5.41) is 3.76. The third kappa shape index (κ3) is 2.30. The first-order valence-electron chi connectivity index (χ1n) is 8.10. The molecule has 3 nitrogen and oxygen atoms in total. The lowest BCUT2D eigenvalue weighted by Gasteiger charge is -2.48. The molecule has 4 rings (SSSR count). The third-order valence-corrected chi connectivity index (χ3v) is 5.32. The summed E-state index contributed by atoms with van der Waals surface area (Å²) in [5.41, 5.74) is 4.27. The molecule has 1 unspecified atom stereocenters. The van der Waals surface area contributed by atoms with Crippen LogP contribution in [0.4, 0.5) is 0 Å². The van der Waals surface area contributed by atoms with Crippen molar-refractivity contribution in [3.8, 4) is 11.3 Å². The molecule has 3 heteroatoms. The Labute approximate surface area is 126 Å². The molecule has 1 saturated heterocycles. The van der Waals surface area contributed by atoms with Gasteiger partial charge in [-0.25, -0.2) is 4.98 Å². The number of imidazole rings is 1. The molecule has 1 atom stereocenters. The smallest absolute Gasteiger partial charge is 0.0953 e. The fourth-order valence-corrected chi connectivity index (χ4v) is 3.89. The van der Waals surface area contributed by atoms with E-state index in [9.17, 15) is 0 Å². The zero-order valence-electron chi connectivity index (χ0n) is 12.7. The number of rotatable bonds is 2. The maximum atomic E-state index is 4.43. The van der Waals surface area contributed by atoms with E-state index in [1.807, 2.05) is 12.5 Å². The van der Waals surface area contributed by atoms with Gasteiger partial charge in [-0.1, -0.05) is 29.8 Å². The Morgan fingerprint density at radius 3 is 2.76 bits per heavy atom. The summed E-state index contributed by atoms with van der Waals surface area (Å²) in [5.74, 6) is 0. The van der Waals surface area contributed by atoms with Crippen molar-refractivity contribution in [2.24, 2.45) is 0 Å². The molecule has 1 N–H and O–H groups in total. The molecule has 1 spiro atoms. The molecular formula is C18H23N3. The standard InChI is InChI=1S/C18H23N3/c1-14-3-5-15(6-4-14)17-12-19-13-21(17)16-7-10-20-18(11-16)8-2-9-18/h3-6,12-13,16,20H,2,7-11H2,1H3. The first kappa shape index (κ1) is 13.1. The van der Waals surface area contributed by atoms with Crippen molar-refractivity contribution < 1.29 is 0 Å². The fourth-order valence-electron chi connectivity index (χ4n) is 3.89. The Morgan fingerprint density at radius 2 is 2.05 bits per heavy atom. The van der Waals surface area contributed by atoms with E-state index in [4.69, 9.17) is 0 Å². The summed E-state index contributed by atoms with van der Waals surface area (Å²) in [6.07, 6.45) is 10.6. The summed E-state index contributed by atoms with van der Waals surface area (Å²) in [4.78, 5) is 4.43. The van der Waals surface area contributed by atoms with Gasteiger partial charge in [-0.3, -0.25) is 0 Å². The largest absolute Gasteiger partial charge is 0.327 e. The van der Waals surface area contributed by atoms with E-state index in [-0.39, 0.29) is 0 Å². The van der Waals surface area contributed by atoms with Gasteiger partial charge in [0.1, 0.15) is 0 Å². The molecule has 1 aromatic carbocycles. The minimum atomic E-state index is 0.428. The molecule has 21 heavy (non-hydrogen) atoms.